The zero-order valence-corrected chi connectivity index (χ0v) is 23.1. The van der Waals surface area contributed by atoms with Gasteiger partial charge in [-0.25, -0.2) is 0 Å². The molecule has 0 aliphatic carbocycles. The van der Waals surface area contributed by atoms with E-state index in [0.717, 1.165) is 8.95 Å². The van der Waals surface area contributed by atoms with Crippen molar-refractivity contribution < 1.29 is 18.7 Å². The van der Waals surface area contributed by atoms with E-state index < -0.39 is 6.04 Å². The molecule has 1 aromatic heterocycles. The number of carbonyl (C=O) groups excluding carboxylic acids is 1. The lowest BCUT2D eigenvalue weighted by atomic mass is 9.97. The first-order chi connectivity index (χ1) is 17.3. The first kappa shape index (κ1) is 24.6. The number of methoxy groups -OCH3 is 1. The Morgan fingerprint density at radius 1 is 0.972 bits per heavy atom. The highest BCUT2D eigenvalue weighted by Gasteiger charge is 2.44. The minimum atomic E-state index is -0.713. The third-order valence-corrected chi connectivity index (χ3v) is 6.98. The lowest BCUT2D eigenvalue weighted by Gasteiger charge is -2.26. The molecule has 3 aromatic carbocycles. The van der Waals surface area contributed by atoms with Crippen molar-refractivity contribution in [2.45, 2.75) is 19.9 Å². The van der Waals surface area contributed by atoms with E-state index in [-0.39, 0.29) is 17.1 Å². The summed E-state index contributed by atoms with van der Waals surface area (Å²) in [4.78, 5) is 29.2. The van der Waals surface area contributed by atoms with Crippen molar-refractivity contribution in [3.8, 4) is 11.5 Å². The second kappa shape index (κ2) is 9.75. The van der Waals surface area contributed by atoms with Crippen LogP contribution in [0.1, 0.15) is 41.6 Å². The number of hydrogen-bond acceptors (Lipinski definition) is 5. The van der Waals surface area contributed by atoms with Gasteiger partial charge < -0.3 is 13.9 Å². The van der Waals surface area contributed by atoms with E-state index in [1.54, 1.807) is 30.2 Å². The molecule has 0 radical (unpaired) electrons. The van der Waals surface area contributed by atoms with Crippen molar-refractivity contribution in [1.29, 1.82) is 0 Å². The van der Waals surface area contributed by atoms with Crippen molar-refractivity contribution in [1.82, 2.24) is 0 Å². The fourth-order valence-corrected chi connectivity index (χ4v) is 5.13. The SMILES string of the molecule is COc1cc(C2c3c(oc4ccc(Br)cc4c3=O)C(=O)N2c2cccc(Br)c2)ccc1OCC(C)C. The Hall–Kier alpha value is -3.10. The number of fused-ring (bicyclic) bond motifs is 2. The molecule has 0 N–H and O–H groups in total. The molecule has 0 saturated carbocycles. The Morgan fingerprint density at radius 2 is 1.75 bits per heavy atom. The Labute approximate surface area is 225 Å². The third kappa shape index (κ3) is 4.33. The molecule has 0 spiro atoms. The Kier molecular flexibility index (Phi) is 6.66. The summed E-state index contributed by atoms with van der Waals surface area (Å²) in [5, 5.41) is 0.404. The standard InChI is InChI=1S/C28H23Br2NO5/c1-15(2)14-35-22-9-7-16(11-23(22)34-3)25-24-26(32)20-13-18(30)8-10-21(20)36-27(24)28(33)31(25)19-6-4-5-17(29)12-19/h4-13,15,25H,14H2,1-3H3. The van der Waals surface area contributed by atoms with Gasteiger partial charge in [-0.2, -0.15) is 0 Å². The summed E-state index contributed by atoms with van der Waals surface area (Å²) < 4.78 is 19.2. The van der Waals surface area contributed by atoms with Crippen LogP contribution in [0.3, 0.4) is 0 Å². The molecule has 0 bridgehead atoms. The van der Waals surface area contributed by atoms with Gasteiger partial charge >= 0.3 is 0 Å². The van der Waals surface area contributed by atoms with Gasteiger partial charge in [0.05, 0.1) is 30.7 Å². The number of carbonyl (C=O) groups is 1. The largest absolute Gasteiger partial charge is 0.493 e. The summed E-state index contributed by atoms with van der Waals surface area (Å²) in [6.45, 7) is 4.68. The Morgan fingerprint density at radius 3 is 2.47 bits per heavy atom. The molecule has 1 unspecified atom stereocenters. The molecular weight excluding hydrogens is 590 g/mol. The van der Waals surface area contributed by atoms with E-state index in [1.807, 2.05) is 42.5 Å². The molecule has 36 heavy (non-hydrogen) atoms. The van der Waals surface area contributed by atoms with Gasteiger partial charge in [0.2, 0.25) is 5.76 Å². The molecular formula is C28H23Br2NO5. The van der Waals surface area contributed by atoms with Crippen LogP contribution in [0.15, 0.2) is 78.8 Å². The fraction of sp³-hybridized carbons (Fsp3) is 0.214. The summed E-state index contributed by atoms with van der Waals surface area (Å²) in [5.74, 6) is 1.13. The summed E-state index contributed by atoms with van der Waals surface area (Å²) in [6.07, 6.45) is 0. The molecule has 4 aromatic rings. The first-order valence-electron chi connectivity index (χ1n) is 11.4. The van der Waals surface area contributed by atoms with E-state index in [9.17, 15) is 9.59 Å². The smallest absolute Gasteiger partial charge is 0.295 e. The van der Waals surface area contributed by atoms with Crippen LogP contribution in [0.5, 0.6) is 11.5 Å². The van der Waals surface area contributed by atoms with Crippen LogP contribution >= 0.6 is 31.9 Å². The summed E-state index contributed by atoms with van der Waals surface area (Å²) in [5.41, 5.74) is 1.75. The molecule has 1 aliphatic rings. The van der Waals surface area contributed by atoms with Crippen LogP contribution < -0.4 is 19.8 Å². The highest BCUT2D eigenvalue weighted by Crippen LogP contribution is 2.43. The maximum absolute atomic E-state index is 13.8. The maximum atomic E-state index is 13.8. The van der Waals surface area contributed by atoms with Crippen LogP contribution in [-0.2, 0) is 0 Å². The number of anilines is 1. The number of benzene rings is 3. The van der Waals surface area contributed by atoms with Crippen LogP contribution in [0.25, 0.3) is 11.0 Å². The Balaban J connectivity index is 1.74. The topological polar surface area (TPSA) is 69.0 Å². The number of halogens is 2. The minimum absolute atomic E-state index is 0.0406. The normalized spacial score (nSPS) is 15.0. The molecule has 8 heteroatoms. The molecule has 6 nitrogen and oxygen atoms in total. The van der Waals surface area contributed by atoms with Gasteiger partial charge in [0, 0.05) is 14.6 Å². The monoisotopic (exact) mass is 611 g/mol. The van der Waals surface area contributed by atoms with E-state index in [0.29, 0.717) is 51.8 Å². The van der Waals surface area contributed by atoms with E-state index in [1.165, 1.54) is 0 Å². The lowest BCUT2D eigenvalue weighted by Crippen LogP contribution is -2.29. The quantitative estimate of drug-likeness (QED) is 0.232. The third-order valence-electron chi connectivity index (χ3n) is 5.99. The molecule has 184 valence electrons. The van der Waals surface area contributed by atoms with Crippen LogP contribution in [0.2, 0.25) is 0 Å². The van der Waals surface area contributed by atoms with Gasteiger partial charge in [-0.1, -0.05) is 57.8 Å². The van der Waals surface area contributed by atoms with Crippen molar-refractivity contribution in [3.05, 3.63) is 96.7 Å². The second-order valence-electron chi connectivity index (χ2n) is 8.99. The number of amides is 1. The van der Waals surface area contributed by atoms with Crippen molar-refractivity contribution >= 4 is 54.4 Å². The van der Waals surface area contributed by atoms with Crippen molar-refractivity contribution in [2.75, 3.05) is 18.6 Å². The van der Waals surface area contributed by atoms with Crippen molar-refractivity contribution in [2.24, 2.45) is 5.92 Å². The molecule has 0 saturated heterocycles. The zero-order valence-electron chi connectivity index (χ0n) is 19.9. The number of ether oxygens (including phenoxy) is 2. The van der Waals surface area contributed by atoms with E-state index in [4.69, 9.17) is 13.9 Å². The predicted molar refractivity (Wildman–Crippen MR) is 146 cm³/mol. The molecule has 2 heterocycles. The summed E-state index contributed by atoms with van der Waals surface area (Å²) in [6, 6.07) is 17.4. The van der Waals surface area contributed by atoms with Crippen LogP contribution in [0, 0.1) is 5.92 Å². The highest BCUT2D eigenvalue weighted by atomic mass is 79.9. The highest BCUT2D eigenvalue weighted by molar-refractivity contribution is 9.10. The summed E-state index contributed by atoms with van der Waals surface area (Å²) in [7, 11) is 1.57. The van der Waals surface area contributed by atoms with E-state index >= 15 is 0 Å². The maximum Gasteiger partial charge on any atom is 0.295 e. The number of nitrogens with zero attached hydrogens (tertiary/aromatic N) is 1. The van der Waals surface area contributed by atoms with Gasteiger partial charge in [-0.05, 0) is 60.0 Å². The van der Waals surface area contributed by atoms with Gasteiger partial charge in [-0.3, -0.25) is 14.5 Å². The minimum Gasteiger partial charge on any atom is -0.493 e. The number of hydrogen-bond donors (Lipinski definition) is 0. The van der Waals surface area contributed by atoms with Gasteiger partial charge in [0.15, 0.2) is 16.9 Å². The predicted octanol–water partition coefficient (Wildman–Crippen LogP) is 7.11. The average Bonchev–Trinajstić information content (AvgIpc) is 3.15. The molecule has 1 amide bonds. The van der Waals surface area contributed by atoms with Crippen LogP contribution in [-0.4, -0.2) is 19.6 Å². The van der Waals surface area contributed by atoms with Gasteiger partial charge in [0.1, 0.15) is 5.58 Å². The van der Waals surface area contributed by atoms with Crippen molar-refractivity contribution in [3.63, 3.8) is 0 Å². The van der Waals surface area contributed by atoms with Gasteiger partial charge in [-0.15, -0.1) is 0 Å². The van der Waals surface area contributed by atoms with E-state index in [2.05, 4.69) is 45.7 Å². The lowest BCUT2D eigenvalue weighted by molar-refractivity contribution is 0.0971. The number of rotatable bonds is 6. The average molecular weight is 613 g/mol. The van der Waals surface area contributed by atoms with Gasteiger partial charge in [0.25, 0.3) is 5.91 Å². The fourth-order valence-electron chi connectivity index (χ4n) is 4.38. The molecule has 5 rings (SSSR count). The summed E-state index contributed by atoms with van der Waals surface area (Å²) >= 11 is 6.93. The molecule has 0 fully saturated rings. The molecule has 1 atom stereocenters. The first-order valence-corrected chi connectivity index (χ1v) is 13.0. The molecule has 1 aliphatic heterocycles. The Bertz CT molecular complexity index is 1550. The second-order valence-corrected chi connectivity index (χ2v) is 10.8. The zero-order chi connectivity index (χ0) is 25.6. The van der Waals surface area contributed by atoms with Crippen LogP contribution in [0.4, 0.5) is 5.69 Å².